The lowest BCUT2D eigenvalue weighted by Gasteiger charge is -1.89. The molecule has 0 saturated heterocycles. The monoisotopic (exact) mass is 213 g/mol. The van der Waals surface area contributed by atoms with Gasteiger partial charge in [0, 0.05) is 12.6 Å². The largest absolute Gasteiger partial charge is 0.280 e. The third-order valence-electron chi connectivity index (χ3n) is 2.24. The van der Waals surface area contributed by atoms with Gasteiger partial charge in [0.05, 0.1) is 6.54 Å². The lowest BCUT2D eigenvalue weighted by atomic mass is 10.2. The normalized spacial score (nSPS) is 10.1. The summed E-state index contributed by atoms with van der Waals surface area (Å²) < 4.78 is 0. The van der Waals surface area contributed by atoms with E-state index in [1.807, 2.05) is 36.5 Å². The van der Waals surface area contributed by atoms with Gasteiger partial charge in [0.1, 0.15) is 0 Å². The van der Waals surface area contributed by atoms with E-state index in [9.17, 15) is 0 Å². The Bertz CT molecular complexity index is 354. The van der Waals surface area contributed by atoms with E-state index in [1.54, 1.807) is 0 Å². The molecule has 0 aromatic heterocycles. The van der Waals surface area contributed by atoms with Crippen LogP contribution in [-0.2, 0) is 0 Å². The molecule has 84 valence electrons. The average Bonchev–Trinajstić information content (AvgIpc) is 2.34. The maximum atomic E-state index is 4.26. The Kier molecular flexibility index (Phi) is 6.83. The number of benzene rings is 1. The molecule has 0 aliphatic rings. The zero-order valence-electron chi connectivity index (χ0n) is 9.95. The van der Waals surface area contributed by atoms with Gasteiger partial charge in [0.2, 0.25) is 0 Å². The van der Waals surface area contributed by atoms with E-state index in [0.717, 1.165) is 12.0 Å². The molecule has 0 fully saturated rings. The van der Waals surface area contributed by atoms with Gasteiger partial charge < -0.3 is 0 Å². The van der Waals surface area contributed by atoms with Gasteiger partial charge in [-0.2, -0.15) is 0 Å². The van der Waals surface area contributed by atoms with Crippen LogP contribution < -0.4 is 0 Å². The van der Waals surface area contributed by atoms with Crippen LogP contribution in [0.4, 0.5) is 0 Å². The molecule has 1 aromatic rings. The molecule has 0 bridgehead atoms. The average molecular weight is 213 g/mol. The van der Waals surface area contributed by atoms with Crippen molar-refractivity contribution in [1.29, 1.82) is 0 Å². The van der Waals surface area contributed by atoms with E-state index in [2.05, 4.69) is 23.8 Å². The predicted octanol–water partition coefficient (Wildman–Crippen LogP) is 3.69. The molecule has 0 radical (unpaired) electrons. The fraction of sp³-hybridized carbons (Fsp3) is 0.400. The quantitative estimate of drug-likeness (QED) is 0.402. The molecule has 1 aromatic carbocycles. The van der Waals surface area contributed by atoms with E-state index in [0.29, 0.717) is 6.54 Å². The van der Waals surface area contributed by atoms with Crippen LogP contribution in [0.5, 0.6) is 0 Å². The lowest BCUT2D eigenvalue weighted by molar-refractivity contribution is 0.737. The molecule has 1 rings (SSSR count). The van der Waals surface area contributed by atoms with E-state index < -0.39 is 0 Å². The highest BCUT2D eigenvalue weighted by Gasteiger charge is 1.82. The van der Waals surface area contributed by atoms with E-state index in [-0.39, 0.29) is 0 Å². The maximum absolute atomic E-state index is 4.26. The molecule has 0 aliphatic heterocycles. The fourth-order valence-corrected chi connectivity index (χ4v) is 1.34. The molecule has 0 amide bonds. The summed E-state index contributed by atoms with van der Waals surface area (Å²) in [6.45, 7) is 2.82. The molecule has 1 nitrogen and oxygen atoms in total. The minimum atomic E-state index is 0.612. The maximum Gasteiger partial charge on any atom is 0.0997 e. The van der Waals surface area contributed by atoms with Crippen LogP contribution in [0.3, 0.4) is 0 Å². The number of nitrogens with zero attached hydrogens (tertiary/aromatic N) is 1. The van der Waals surface area contributed by atoms with Crippen molar-refractivity contribution in [2.45, 2.75) is 32.6 Å². The van der Waals surface area contributed by atoms with Crippen LogP contribution in [-0.4, -0.2) is 12.8 Å². The molecular formula is C15H19N. The second-order valence-corrected chi connectivity index (χ2v) is 3.69. The zero-order valence-corrected chi connectivity index (χ0v) is 9.95. The Morgan fingerprint density at radius 2 is 1.94 bits per heavy atom. The second-order valence-electron chi connectivity index (χ2n) is 3.69. The summed E-state index contributed by atoms with van der Waals surface area (Å²) in [6, 6.07) is 10.1. The van der Waals surface area contributed by atoms with Gasteiger partial charge in [0.25, 0.3) is 0 Å². The predicted molar refractivity (Wildman–Crippen MR) is 70.8 cm³/mol. The van der Waals surface area contributed by atoms with Gasteiger partial charge >= 0.3 is 0 Å². The Hall–Kier alpha value is -1.55. The first-order valence-electron chi connectivity index (χ1n) is 5.94. The molecule has 0 spiro atoms. The molecule has 0 aliphatic carbocycles. The summed E-state index contributed by atoms with van der Waals surface area (Å²) in [5.41, 5.74) is 1.13. The first-order chi connectivity index (χ1) is 7.93. The van der Waals surface area contributed by atoms with Crippen LogP contribution in [0.15, 0.2) is 35.3 Å². The van der Waals surface area contributed by atoms with Gasteiger partial charge in [0.15, 0.2) is 0 Å². The number of hydrogen-bond donors (Lipinski definition) is 0. The molecule has 1 heteroatoms. The molecule has 0 atom stereocenters. The van der Waals surface area contributed by atoms with Crippen molar-refractivity contribution in [3.05, 3.63) is 35.9 Å². The van der Waals surface area contributed by atoms with Crippen molar-refractivity contribution in [2.75, 3.05) is 6.54 Å². The molecular weight excluding hydrogens is 194 g/mol. The smallest absolute Gasteiger partial charge is 0.0997 e. The third-order valence-corrected chi connectivity index (χ3v) is 2.24. The summed E-state index contributed by atoms with van der Waals surface area (Å²) in [6.07, 6.45) is 6.64. The summed E-state index contributed by atoms with van der Waals surface area (Å²) in [4.78, 5) is 4.26. The number of unbranched alkanes of at least 4 members (excludes halogenated alkanes) is 3. The van der Waals surface area contributed by atoms with Gasteiger partial charge in [-0.15, -0.1) is 5.92 Å². The Morgan fingerprint density at radius 3 is 2.69 bits per heavy atom. The lowest BCUT2D eigenvalue weighted by Crippen LogP contribution is -1.81. The number of aliphatic imine (C=N–C) groups is 1. The minimum Gasteiger partial charge on any atom is -0.280 e. The van der Waals surface area contributed by atoms with Gasteiger partial charge in [-0.3, -0.25) is 4.99 Å². The number of hydrogen-bond acceptors (Lipinski definition) is 1. The van der Waals surface area contributed by atoms with Crippen molar-refractivity contribution >= 4 is 6.21 Å². The van der Waals surface area contributed by atoms with Crippen LogP contribution in [0.25, 0.3) is 0 Å². The highest BCUT2D eigenvalue weighted by molar-refractivity contribution is 5.79. The Morgan fingerprint density at radius 1 is 1.12 bits per heavy atom. The first kappa shape index (κ1) is 12.5. The van der Waals surface area contributed by atoms with E-state index in [4.69, 9.17) is 0 Å². The van der Waals surface area contributed by atoms with Crippen molar-refractivity contribution in [2.24, 2.45) is 4.99 Å². The summed E-state index contributed by atoms with van der Waals surface area (Å²) in [5.74, 6) is 6.21. The SMILES string of the molecule is CCCCCC#CCN=Cc1ccccc1. The van der Waals surface area contributed by atoms with Gasteiger partial charge in [-0.1, -0.05) is 56.0 Å². The Labute approximate surface area is 98.6 Å². The summed E-state index contributed by atoms with van der Waals surface area (Å²) in [5, 5.41) is 0. The minimum absolute atomic E-state index is 0.612. The first-order valence-corrected chi connectivity index (χ1v) is 5.94. The van der Waals surface area contributed by atoms with E-state index in [1.165, 1.54) is 19.3 Å². The van der Waals surface area contributed by atoms with Gasteiger partial charge in [-0.25, -0.2) is 0 Å². The topological polar surface area (TPSA) is 12.4 Å². The fourth-order valence-electron chi connectivity index (χ4n) is 1.34. The van der Waals surface area contributed by atoms with Crippen molar-refractivity contribution in [3.63, 3.8) is 0 Å². The summed E-state index contributed by atoms with van der Waals surface area (Å²) >= 11 is 0. The second kappa shape index (κ2) is 8.73. The molecule has 0 unspecified atom stereocenters. The molecule has 0 saturated carbocycles. The van der Waals surface area contributed by atoms with Crippen molar-refractivity contribution < 1.29 is 0 Å². The Balaban J connectivity index is 2.17. The van der Waals surface area contributed by atoms with Crippen LogP contribution in [0.2, 0.25) is 0 Å². The molecule has 0 N–H and O–H groups in total. The standard InChI is InChI=1S/C15H19N/c1-2-3-4-5-6-10-13-16-14-15-11-8-7-9-12-15/h7-9,11-12,14H,2-5,13H2,1H3. The van der Waals surface area contributed by atoms with Gasteiger partial charge in [-0.05, 0) is 12.0 Å². The van der Waals surface area contributed by atoms with Crippen LogP contribution >= 0.6 is 0 Å². The van der Waals surface area contributed by atoms with Crippen LogP contribution in [0.1, 0.15) is 38.2 Å². The third kappa shape index (κ3) is 6.03. The molecule has 0 heterocycles. The highest BCUT2D eigenvalue weighted by Crippen LogP contribution is 1.96. The summed E-state index contributed by atoms with van der Waals surface area (Å²) in [7, 11) is 0. The number of rotatable bonds is 5. The van der Waals surface area contributed by atoms with E-state index >= 15 is 0 Å². The zero-order chi connectivity index (χ0) is 11.5. The highest BCUT2D eigenvalue weighted by atomic mass is 14.7. The van der Waals surface area contributed by atoms with Crippen molar-refractivity contribution in [3.8, 4) is 11.8 Å². The van der Waals surface area contributed by atoms with Crippen LogP contribution in [0, 0.1) is 11.8 Å². The van der Waals surface area contributed by atoms with Crippen molar-refractivity contribution in [1.82, 2.24) is 0 Å². The molecule has 16 heavy (non-hydrogen) atoms.